The Hall–Kier alpha value is -2.83. The summed E-state index contributed by atoms with van der Waals surface area (Å²) in [7, 11) is 0. The summed E-state index contributed by atoms with van der Waals surface area (Å²) in [4.78, 5) is 20.3. The van der Waals surface area contributed by atoms with Gasteiger partial charge in [-0.05, 0) is 12.5 Å². The highest BCUT2D eigenvalue weighted by Crippen LogP contribution is 2.31. The normalized spacial score (nSPS) is 12.0. The van der Waals surface area contributed by atoms with Crippen LogP contribution in [-0.2, 0) is 13.0 Å². The van der Waals surface area contributed by atoms with Gasteiger partial charge in [-0.3, -0.25) is 0 Å². The van der Waals surface area contributed by atoms with Crippen molar-refractivity contribution in [1.82, 2.24) is 19.9 Å². The van der Waals surface area contributed by atoms with Crippen LogP contribution in [0, 0.1) is 5.41 Å². The maximum absolute atomic E-state index is 10.9. The minimum absolute atomic E-state index is 0.286. The number of nitrogen functional groups attached to an aromatic ring is 1. The lowest BCUT2D eigenvalue weighted by molar-refractivity contribution is 0.185. The molecule has 144 valence electrons. The fraction of sp³-hybridized carbons (Fsp3) is 0.450. The van der Waals surface area contributed by atoms with Crippen LogP contribution in [0.25, 0.3) is 21.9 Å². The monoisotopic (exact) mass is 369 g/mol. The number of rotatable bonds is 7. The van der Waals surface area contributed by atoms with E-state index in [1.54, 1.807) is 0 Å². The van der Waals surface area contributed by atoms with Crippen molar-refractivity contribution in [2.75, 3.05) is 12.3 Å². The van der Waals surface area contributed by atoms with Gasteiger partial charge in [0, 0.05) is 30.3 Å². The fourth-order valence-electron chi connectivity index (χ4n) is 3.40. The molecule has 0 aliphatic rings. The maximum Gasteiger partial charge on any atom is 0.404 e. The topological polar surface area (TPSA) is 106 Å². The van der Waals surface area contributed by atoms with Crippen LogP contribution < -0.4 is 11.1 Å². The Labute approximate surface area is 158 Å². The van der Waals surface area contributed by atoms with Crippen molar-refractivity contribution in [2.45, 2.75) is 46.6 Å². The molecule has 2 aromatic heterocycles. The van der Waals surface area contributed by atoms with Gasteiger partial charge in [-0.15, -0.1) is 0 Å². The smallest absolute Gasteiger partial charge is 0.404 e. The van der Waals surface area contributed by atoms with Crippen molar-refractivity contribution in [2.24, 2.45) is 5.41 Å². The van der Waals surface area contributed by atoms with Crippen LogP contribution in [0.1, 0.15) is 39.4 Å². The van der Waals surface area contributed by atoms with E-state index in [1.807, 2.05) is 38.1 Å². The fourth-order valence-corrected chi connectivity index (χ4v) is 3.40. The number of nitrogens with zero attached hydrogens (tertiary/aromatic N) is 3. The first-order valence-corrected chi connectivity index (χ1v) is 9.32. The maximum atomic E-state index is 10.9. The van der Waals surface area contributed by atoms with Gasteiger partial charge in [-0.1, -0.05) is 45.4 Å². The van der Waals surface area contributed by atoms with E-state index >= 15 is 0 Å². The van der Waals surface area contributed by atoms with E-state index in [9.17, 15) is 4.79 Å². The predicted octanol–water partition coefficient (Wildman–Crippen LogP) is 3.80. The molecule has 27 heavy (non-hydrogen) atoms. The average molecular weight is 369 g/mol. The lowest BCUT2D eigenvalue weighted by Gasteiger charge is -2.26. The molecule has 2 heterocycles. The molecule has 3 rings (SSSR count). The third-order valence-corrected chi connectivity index (χ3v) is 4.75. The predicted molar refractivity (Wildman–Crippen MR) is 108 cm³/mol. The Morgan fingerprint density at radius 1 is 1.30 bits per heavy atom. The van der Waals surface area contributed by atoms with Gasteiger partial charge in [0.25, 0.3) is 0 Å². The van der Waals surface area contributed by atoms with Crippen molar-refractivity contribution < 1.29 is 9.90 Å². The molecule has 0 aliphatic heterocycles. The minimum atomic E-state index is -1.01. The summed E-state index contributed by atoms with van der Waals surface area (Å²) in [6, 6.07) is 7.92. The third-order valence-electron chi connectivity index (χ3n) is 4.75. The molecule has 7 heteroatoms. The first-order chi connectivity index (χ1) is 12.8. The zero-order chi connectivity index (χ0) is 19.6. The molecular weight excluding hydrogens is 342 g/mol. The number of benzene rings is 1. The summed E-state index contributed by atoms with van der Waals surface area (Å²) in [6.07, 6.45) is 1.94. The minimum Gasteiger partial charge on any atom is -0.465 e. The quantitative estimate of drug-likeness (QED) is 0.587. The second-order valence-electron chi connectivity index (χ2n) is 7.75. The van der Waals surface area contributed by atoms with Crippen LogP contribution in [-0.4, -0.2) is 32.3 Å². The molecule has 0 unspecified atom stereocenters. The van der Waals surface area contributed by atoms with Gasteiger partial charge >= 0.3 is 6.09 Å². The van der Waals surface area contributed by atoms with E-state index in [0.29, 0.717) is 18.9 Å². The Balaban J connectivity index is 2.16. The summed E-state index contributed by atoms with van der Waals surface area (Å²) in [5.41, 5.74) is 8.48. The van der Waals surface area contributed by atoms with Gasteiger partial charge < -0.3 is 20.7 Å². The summed E-state index contributed by atoms with van der Waals surface area (Å²) in [5.74, 6) is 1.40. The molecule has 1 aromatic carbocycles. The Morgan fingerprint density at radius 2 is 2.04 bits per heavy atom. The van der Waals surface area contributed by atoms with Crippen LogP contribution in [0.2, 0.25) is 0 Å². The van der Waals surface area contributed by atoms with E-state index in [1.165, 1.54) is 0 Å². The third kappa shape index (κ3) is 3.97. The van der Waals surface area contributed by atoms with Crippen LogP contribution in [0.4, 0.5) is 10.6 Å². The number of hydrogen-bond acceptors (Lipinski definition) is 4. The molecule has 0 radical (unpaired) electrons. The molecule has 0 spiro atoms. The summed E-state index contributed by atoms with van der Waals surface area (Å²) in [5, 5.41) is 12.5. The molecule has 4 N–H and O–H groups in total. The van der Waals surface area contributed by atoms with E-state index in [2.05, 4.69) is 21.8 Å². The molecule has 0 aliphatic carbocycles. The number of amides is 1. The van der Waals surface area contributed by atoms with Crippen molar-refractivity contribution >= 4 is 33.8 Å². The first-order valence-electron chi connectivity index (χ1n) is 9.32. The largest absolute Gasteiger partial charge is 0.465 e. The number of hydrogen-bond donors (Lipinski definition) is 3. The summed E-state index contributed by atoms with van der Waals surface area (Å²) >= 11 is 0. The molecule has 0 bridgehead atoms. The van der Waals surface area contributed by atoms with E-state index in [4.69, 9.17) is 15.8 Å². The van der Waals surface area contributed by atoms with Crippen LogP contribution >= 0.6 is 0 Å². The molecule has 0 fully saturated rings. The van der Waals surface area contributed by atoms with Crippen molar-refractivity contribution in [3.8, 4) is 0 Å². The molecule has 1 amide bonds. The molecule has 7 nitrogen and oxygen atoms in total. The van der Waals surface area contributed by atoms with Gasteiger partial charge in [0.2, 0.25) is 0 Å². The van der Waals surface area contributed by atoms with Gasteiger partial charge in [0.1, 0.15) is 11.3 Å². The number of fused-ring (bicyclic) bond motifs is 3. The number of aryl methyl sites for hydroxylation is 1. The van der Waals surface area contributed by atoms with E-state index in [-0.39, 0.29) is 5.41 Å². The number of unbranched alkanes of at least 4 members (excludes halogenated alkanes) is 1. The van der Waals surface area contributed by atoms with Crippen molar-refractivity contribution in [3.63, 3.8) is 0 Å². The van der Waals surface area contributed by atoms with Crippen LogP contribution in [0.15, 0.2) is 24.3 Å². The number of nitrogens with one attached hydrogen (secondary N) is 1. The highest BCUT2D eigenvalue weighted by molar-refractivity contribution is 6.06. The van der Waals surface area contributed by atoms with Crippen molar-refractivity contribution in [3.05, 3.63) is 30.1 Å². The Morgan fingerprint density at radius 3 is 2.74 bits per heavy atom. The number of carbonyl (C=O) groups is 1. The Bertz CT molecular complexity index is 977. The number of carboxylic acid groups (broad SMARTS) is 1. The van der Waals surface area contributed by atoms with E-state index in [0.717, 1.165) is 47.0 Å². The van der Waals surface area contributed by atoms with Crippen LogP contribution in [0.3, 0.4) is 0 Å². The zero-order valence-corrected chi connectivity index (χ0v) is 16.1. The summed E-state index contributed by atoms with van der Waals surface area (Å²) in [6.45, 7) is 7.24. The highest BCUT2D eigenvalue weighted by Gasteiger charge is 2.24. The number of aromatic nitrogens is 3. The lowest BCUT2D eigenvalue weighted by Crippen LogP contribution is -2.36. The van der Waals surface area contributed by atoms with E-state index < -0.39 is 6.09 Å². The molecule has 0 atom stereocenters. The second kappa shape index (κ2) is 7.42. The second-order valence-corrected chi connectivity index (χ2v) is 7.75. The van der Waals surface area contributed by atoms with Gasteiger partial charge in [-0.2, -0.15) is 0 Å². The van der Waals surface area contributed by atoms with Gasteiger partial charge in [0.05, 0.1) is 11.0 Å². The first kappa shape index (κ1) is 18.9. The molecule has 0 saturated heterocycles. The van der Waals surface area contributed by atoms with Gasteiger partial charge in [-0.25, -0.2) is 14.8 Å². The average Bonchev–Trinajstić information content (AvgIpc) is 2.97. The number of pyridine rings is 1. The SMILES string of the molecule is CCCCc1nc2c(N)nc3ccccc3c2n1CC(C)(C)CNC(=O)O. The number of para-hydroxylation sites is 1. The van der Waals surface area contributed by atoms with Crippen molar-refractivity contribution in [1.29, 1.82) is 0 Å². The number of nitrogens with two attached hydrogens (primary N) is 1. The van der Waals surface area contributed by atoms with Crippen LogP contribution in [0.5, 0.6) is 0 Å². The zero-order valence-electron chi connectivity index (χ0n) is 16.1. The van der Waals surface area contributed by atoms with Gasteiger partial charge in [0.15, 0.2) is 5.82 Å². The molecule has 0 saturated carbocycles. The molecular formula is C20H27N5O2. The standard InChI is InChI=1S/C20H27N5O2/c1-4-5-10-15-24-16-17(13-8-6-7-9-14(13)23-18(16)21)25(15)12-20(2,3)11-22-19(26)27/h6-9,22H,4-5,10-12H2,1-3H3,(H2,21,23)(H,26,27). The number of imidazole rings is 1. The highest BCUT2D eigenvalue weighted by atomic mass is 16.4. The number of anilines is 1. The summed E-state index contributed by atoms with van der Waals surface area (Å²) < 4.78 is 2.20. The molecule has 3 aromatic rings. The lowest BCUT2D eigenvalue weighted by atomic mass is 9.93. The Kier molecular flexibility index (Phi) is 5.21.